The van der Waals surface area contributed by atoms with Crippen LogP contribution in [0.5, 0.6) is 0 Å². The molecular formula is C16H16N4O5. The van der Waals surface area contributed by atoms with E-state index in [9.17, 15) is 24.8 Å². The number of aliphatic hydroxyl groups excluding tert-OH is 1. The fourth-order valence-electron chi connectivity index (χ4n) is 2.95. The summed E-state index contributed by atoms with van der Waals surface area (Å²) < 4.78 is 3.96. The van der Waals surface area contributed by atoms with Gasteiger partial charge in [0.25, 0.3) is 11.2 Å². The van der Waals surface area contributed by atoms with E-state index in [0.717, 1.165) is 4.57 Å². The fourth-order valence-corrected chi connectivity index (χ4v) is 2.95. The Bertz CT molecular complexity index is 1110. The van der Waals surface area contributed by atoms with Crippen LogP contribution in [0.2, 0.25) is 0 Å². The Kier molecular flexibility index (Phi) is 4.01. The number of hydrogen-bond donors (Lipinski definition) is 1. The number of aryl methyl sites for hydroxylation is 1. The minimum Gasteiger partial charge on any atom is -0.395 e. The van der Waals surface area contributed by atoms with Crippen LogP contribution in [0.25, 0.3) is 22.2 Å². The molecule has 0 spiro atoms. The zero-order valence-electron chi connectivity index (χ0n) is 13.7. The van der Waals surface area contributed by atoms with Crippen molar-refractivity contribution in [3.8, 4) is 11.3 Å². The molecule has 2 aromatic heterocycles. The molecule has 0 aliphatic rings. The smallest absolute Gasteiger partial charge is 0.330 e. The van der Waals surface area contributed by atoms with E-state index in [2.05, 4.69) is 0 Å². The average Bonchev–Trinajstić information content (AvgIpc) is 2.98. The Balaban J connectivity index is 2.47. The topological polar surface area (TPSA) is 112 Å². The second-order valence-corrected chi connectivity index (χ2v) is 5.67. The molecule has 130 valence electrons. The Hall–Kier alpha value is -3.20. The first-order chi connectivity index (χ1) is 11.9. The molecular weight excluding hydrogens is 328 g/mol. The maximum absolute atomic E-state index is 12.7. The molecule has 3 aromatic rings. The van der Waals surface area contributed by atoms with Crippen molar-refractivity contribution in [3.05, 3.63) is 61.4 Å². The lowest BCUT2D eigenvalue weighted by molar-refractivity contribution is -0.384. The summed E-state index contributed by atoms with van der Waals surface area (Å²) in [5.74, 6) is 0. The van der Waals surface area contributed by atoms with Gasteiger partial charge in [0, 0.05) is 44.5 Å². The Morgan fingerprint density at radius 2 is 1.92 bits per heavy atom. The summed E-state index contributed by atoms with van der Waals surface area (Å²) >= 11 is 0. The third kappa shape index (κ3) is 2.54. The van der Waals surface area contributed by atoms with Gasteiger partial charge in [-0.15, -0.1) is 0 Å². The minimum atomic E-state index is -0.515. The highest BCUT2D eigenvalue weighted by Gasteiger charge is 2.20. The van der Waals surface area contributed by atoms with Crippen molar-refractivity contribution in [2.45, 2.75) is 6.54 Å². The first kappa shape index (κ1) is 16.7. The van der Waals surface area contributed by atoms with Gasteiger partial charge in [-0.05, 0) is 0 Å². The lowest BCUT2D eigenvalue weighted by atomic mass is 10.1. The van der Waals surface area contributed by atoms with E-state index in [4.69, 9.17) is 0 Å². The van der Waals surface area contributed by atoms with Gasteiger partial charge in [-0.1, -0.05) is 12.1 Å². The number of non-ortho nitro benzene ring substituents is 1. The van der Waals surface area contributed by atoms with E-state index in [0.29, 0.717) is 16.8 Å². The van der Waals surface area contributed by atoms with Crippen LogP contribution in [-0.2, 0) is 20.6 Å². The molecule has 0 saturated carbocycles. The van der Waals surface area contributed by atoms with Crippen LogP contribution in [0.1, 0.15) is 0 Å². The molecule has 2 heterocycles. The molecule has 0 saturated heterocycles. The van der Waals surface area contributed by atoms with Crippen LogP contribution >= 0.6 is 0 Å². The molecule has 25 heavy (non-hydrogen) atoms. The number of nitrogens with zero attached hydrogens (tertiary/aromatic N) is 4. The standard InChI is InChI=1S/C16H16N4O5/c1-17-12-9-19(6-7-21)14(13(12)15(22)18(2)16(17)23)10-4-3-5-11(8-10)20(24)25/h3-5,8-9,21H,6-7H2,1-2H3. The largest absolute Gasteiger partial charge is 0.395 e. The number of hydrogen-bond acceptors (Lipinski definition) is 5. The van der Waals surface area contributed by atoms with Gasteiger partial charge in [0.2, 0.25) is 0 Å². The van der Waals surface area contributed by atoms with Gasteiger partial charge in [-0.3, -0.25) is 24.0 Å². The summed E-state index contributed by atoms with van der Waals surface area (Å²) in [4.78, 5) is 35.4. The summed E-state index contributed by atoms with van der Waals surface area (Å²) in [5.41, 5.74) is 0.241. The Morgan fingerprint density at radius 1 is 1.20 bits per heavy atom. The molecule has 9 nitrogen and oxygen atoms in total. The van der Waals surface area contributed by atoms with Crippen molar-refractivity contribution in [1.82, 2.24) is 13.7 Å². The van der Waals surface area contributed by atoms with Crippen LogP contribution in [-0.4, -0.2) is 30.3 Å². The predicted molar refractivity (Wildman–Crippen MR) is 91.6 cm³/mol. The second kappa shape index (κ2) is 6.02. The maximum Gasteiger partial charge on any atom is 0.330 e. The summed E-state index contributed by atoms with van der Waals surface area (Å²) in [6, 6.07) is 5.91. The van der Waals surface area contributed by atoms with E-state index in [1.807, 2.05) is 0 Å². The zero-order valence-corrected chi connectivity index (χ0v) is 13.7. The Labute approximate surface area is 141 Å². The second-order valence-electron chi connectivity index (χ2n) is 5.67. The number of nitro benzene ring substituents is 1. The van der Waals surface area contributed by atoms with Crippen molar-refractivity contribution >= 4 is 16.6 Å². The highest BCUT2D eigenvalue weighted by Crippen LogP contribution is 2.30. The van der Waals surface area contributed by atoms with Gasteiger partial charge in [0.15, 0.2) is 0 Å². The SMILES string of the molecule is Cn1c(=O)c2c(-c3cccc([N+](=O)[O-])c3)n(CCO)cc2n(C)c1=O. The van der Waals surface area contributed by atoms with Gasteiger partial charge in [-0.25, -0.2) is 4.79 Å². The summed E-state index contributed by atoms with van der Waals surface area (Å²) in [5, 5.41) is 20.7. The quantitative estimate of drug-likeness (QED) is 0.550. The zero-order chi connectivity index (χ0) is 18.3. The van der Waals surface area contributed by atoms with E-state index in [1.54, 1.807) is 23.9 Å². The van der Waals surface area contributed by atoms with Gasteiger partial charge in [0.05, 0.1) is 28.1 Å². The molecule has 0 aliphatic carbocycles. The molecule has 0 bridgehead atoms. The van der Waals surface area contributed by atoms with Crippen molar-refractivity contribution < 1.29 is 10.0 Å². The van der Waals surface area contributed by atoms with Crippen LogP contribution < -0.4 is 11.2 Å². The molecule has 0 unspecified atom stereocenters. The van der Waals surface area contributed by atoms with E-state index >= 15 is 0 Å². The van der Waals surface area contributed by atoms with Gasteiger partial charge < -0.3 is 9.67 Å². The van der Waals surface area contributed by atoms with Crippen LogP contribution in [0, 0.1) is 10.1 Å². The van der Waals surface area contributed by atoms with Gasteiger partial charge in [0.1, 0.15) is 0 Å². The van der Waals surface area contributed by atoms with Crippen LogP contribution in [0.3, 0.4) is 0 Å². The van der Waals surface area contributed by atoms with Crippen LogP contribution in [0.15, 0.2) is 40.1 Å². The number of fused-ring (bicyclic) bond motifs is 1. The van der Waals surface area contributed by atoms with E-state index in [-0.39, 0.29) is 24.2 Å². The number of nitro groups is 1. The lowest BCUT2D eigenvalue weighted by Gasteiger charge is -2.08. The molecule has 0 radical (unpaired) electrons. The lowest BCUT2D eigenvalue weighted by Crippen LogP contribution is -2.36. The monoisotopic (exact) mass is 344 g/mol. The van der Waals surface area contributed by atoms with E-state index < -0.39 is 16.2 Å². The summed E-state index contributed by atoms with van der Waals surface area (Å²) in [6.45, 7) is 0.00122. The molecule has 1 aromatic carbocycles. The highest BCUT2D eigenvalue weighted by atomic mass is 16.6. The van der Waals surface area contributed by atoms with Gasteiger partial charge >= 0.3 is 5.69 Å². The molecule has 3 rings (SSSR count). The molecule has 0 fully saturated rings. The summed E-state index contributed by atoms with van der Waals surface area (Å²) in [6.07, 6.45) is 1.60. The number of benzene rings is 1. The third-order valence-electron chi connectivity index (χ3n) is 4.18. The first-order valence-electron chi connectivity index (χ1n) is 7.51. The number of aromatic nitrogens is 3. The molecule has 0 atom stereocenters. The molecule has 0 aliphatic heterocycles. The highest BCUT2D eigenvalue weighted by molar-refractivity contribution is 5.94. The van der Waals surface area contributed by atoms with Crippen molar-refractivity contribution in [3.63, 3.8) is 0 Å². The summed E-state index contributed by atoms with van der Waals surface area (Å²) in [7, 11) is 2.93. The van der Waals surface area contributed by atoms with Crippen molar-refractivity contribution in [2.75, 3.05) is 6.61 Å². The fraction of sp³-hybridized carbons (Fsp3) is 0.250. The minimum absolute atomic E-state index is 0.107. The number of rotatable bonds is 4. The van der Waals surface area contributed by atoms with Gasteiger partial charge in [-0.2, -0.15) is 0 Å². The van der Waals surface area contributed by atoms with Crippen molar-refractivity contribution in [2.24, 2.45) is 14.1 Å². The normalized spacial score (nSPS) is 11.2. The average molecular weight is 344 g/mol. The first-order valence-corrected chi connectivity index (χ1v) is 7.51. The third-order valence-corrected chi connectivity index (χ3v) is 4.18. The van der Waals surface area contributed by atoms with E-state index in [1.165, 1.54) is 29.8 Å². The predicted octanol–water partition coefficient (Wildman–Crippen LogP) is 0.606. The van der Waals surface area contributed by atoms with Crippen LogP contribution in [0.4, 0.5) is 5.69 Å². The molecule has 9 heteroatoms. The van der Waals surface area contributed by atoms with Crippen molar-refractivity contribution in [1.29, 1.82) is 0 Å². The maximum atomic E-state index is 12.7. The Morgan fingerprint density at radius 3 is 2.56 bits per heavy atom. The molecule has 1 N–H and O–H groups in total. The number of aliphatic hydroxyl groups is 1. The molecule has 0 amide bonds.